The number of para-hydroxylation sites is 1. The lowest BCUT2D eigenvalue weighted by Gasteiger charge is -2.27. The fourth-order valence-electron chi connectivity index (χ4n) is 6.88. The molecule has 0 fully saturated rings. The molecule has 0 spiro atoms. The predicted molar refractivity (Wildman–Crippen MR) is 195 cm³/mol. The molecular formula is C44H35NO. The van der Waals surface area contributed by atoms with Crippen LogP contribution in [-0.4, -0.2) is 0 Å². The van der Waals surface area contributed by atoms with E-state index in [-0.39, 0.29) is 5.41 Å². The summed E-state index contributed by atoms with van der Waals surface area (Å²) in [5.74, 6) is 0.930. The van der Waals surface area contributed by atoms with Crippen molar-refractivity contribution in [2.45, 2.75) is 26.2 Å². The highest BCUT2D eigenvalue weighted by Crippen LogP contribution is 2.44. The van der Waals surface area contributed by atoms with Gasteiger partial charge in [-0.2, -0.15) is 0 Å². The molecule has 0 aliphatic rings. The van der Waals surface area contributed by atoms with Gasteiger partial charge in [0.05, 0.1) is 5.69 Å². The largest absolute Gasteiger partial charge is 0.456 e. The molecule has 0 N–H and O–H groups in total. The van der Waals surface area contributed by atoms with Crippen molar-refractivity contribution in [3.8, 4) is 22.5 Å². The van der Waals surface area contributed by atoms with Crippen LogP contribution >= 0.6 is 0 Å². The number of anilines is 3. The molecule has 46 heavy (non-hydrogen) atoms. The molecule has 0 atom stereocenters. The fourth-order valence-corrected chi connectivity index (χ4v) is 6.88. The van der Waals surface area contributed by atoms with Crippen molar-refractivity contribution in [3.05, 3.63) is 163 Å². The van der Waals surface area contributed by atoms with E-state index < -0.39 is 0 Å². The molecule has 0 aliphatic heterocycles. The van der Waals surface area contributed by atoms with Crippen LogP contribution in [0.4, 0.5) is 17.1 Å². The number of fused-ring (bicyclic) bond motifs is 3. The standard InChI is InChI=1S/C44H35NO/c1-44(2,3)42-39-21-8-9-24-41(39)46-43(42)33-17-10-18-35(29-33)45(40-23-12-16-31-14-5-7-20-38(31)40)34-27-25-32(26-28-34)37-22-11-15-30-13-4-6-19-36(30)37/h4-29H,1-3H3. The lowest BCUT2D eigenvalue weighted by atomic mass is 9.83. The van der Waals surface area contributed by atoms with E-state index in [1.807, 2.05) is 6.07 Å². The summed E-state index contributed by atoms with van der Waals surface area (Å²) in [6, 6.07) is 56.4. The van der Waals surface area contributed by atoms with Crippen LogP contribution in [-0.2, 0) is 5.41 Å². The van der Waals surface area contributed by atoms with E-state index in [0.717, 1.165) is 34.0 Å². The number of furan rings is 1. The lowest BCUT2D eigenvalue weighted by molar-refractivity contribution is 0.568. The minimum absolute atomic E-state index is 0.0926. The van der Waals surface area contributed by atoms with Crippen molar-refractivity contribution in [3.63, 3.8) is 0 Å². The topological polar surface area (TPSA) is 16.4 Å². The van der Waals surface area contributed by atoms with Gasteiger partial charge in [0.2, 0.25) is 0 Å². The summed E-state index contributed by atoms with van der Waals surface area (Å²) in [5, 5.41) is 6.09. The molecule has 8 rings (SSSR count). The highest BCUT2D eigenvalue weighted by molar-refractivity contribution is 6.00. The fraction of sp³-hybridized carbons (Fsp3) is 0.0909. The Balaban J connectivity index is 1.31. The number of benzene rings is 7. The van der Waals surface area contributed by atoms with Crippen LogP contribution < -0.4 is 4.90 Å². The summed E-state index contributed by atoms with van der Waals surface area (Å²) >= 11 is 0. The summed E-state index contributed by atoms with van der Waals surface area (Å²) in [6.07, 6.45) is 0. The first-order valence-electron chi connectivity index (χ1n) is 15.9. The van der Waals surface area contributed by atoms with Crippen molar-refractivity contribution >= 4 is 49.6 Å². The summed E-state index contributed by atoms with van der Waals surface area (Å²) in [7, 11) is 0. The van der Waals surface area contributed by atoms with Crippen LogP contribution in [0, 0.1) is 0 Å². The predicted octanol–water partition coefficient (Wildman–Crippen LogP) is 12.8. The van der Waals surface area contributed by atoms with E-state index in [2.05, 4.69) is 177 Å². The van der Waals surface area contributed by atoms with Crippen LogP contribution in [0.5, 0.6) is 0 Å². The molecule has 2 nitrogen and oxygen atoms in total. The zero-order valence-electron chi connectivity index (χ0n) is 26.4. The molecule has 0 radical (unpaired) electrons. The summed E-state index contributed by atoms with van der Waals surface area (Å²) in [6.45, 7) is 6.78. The van der Waals surface area contributed by atoms with Gasteiger partial charge in [-0.3, -0.25) is 0 Å². The first-order valence-corrected chi connectivity index (χ1v) is 15.9. The summed E-state index contributed by atoms with van der Waals surface area (Å²) in [4.78, 5) is 2.37. The van der Waals surface area contributed by atoms with Crippen LogP contribution in [0.25, 0.3) is 55.0 Å². The Morgan fingerprint density at radius 1 is 0.478 bits per heavy atom. The highest BCUT2D eigenvalue weighted by Gasteiger charge is 2.27. The normalized spacial score (nSPS) is 11.8. The maximum absolute atomic E-state index is 6.61. The van der Waals surface area contributed by atoms with Gasteiger partial charge < -0.3 is 9.32 Å². The minimum atomic E-state index is -0.0926. The monoisotopic (exact) mass is 593 g/mol. The van der Waals surface area contributed by atoms with E-state index in [4.69, 9.17) is 4.42 Å². The Kier molecular flexibility index (Phi) is 6.73. The van der Waals surface area contributed by atoms with Gasteiger partial charge in [-0.15, -0.1) is 0 Å². The van der Waals surface area contributed by atoms with Gasteiger partial charge in [0, 0.05) is 33.3 Å². The molecule has 7 aromatic carbocycles. The average molecular weight is 594 g/mol. The Morgan fingerprint density at radius 2 is 1.09 bits per heavy atom. The zero-order valence-corrected chi connectivity index (χ0v) is 26.4. The Morgan fingerprint density at radius 3 is 1.85 bits per heavy atom. The second-order valence-electron chi connectivity index (χ2n) is 13.0. The minimum Gasteiger partial charge on any atom is -0.456 e. The first-order chi connectivity index (χ1) is 22.5. The first kappa shape index (κ1) is 27.9. The molecule has 2 heteroatoms. The van der Waals surface area contributed by atoms with E-state index in [1.165, 1.54) is 43.6 Å². The molecule has 0 bridgehead atoms. The van der Waals surface area contributed by atoms with Crippen LogP contribution in [0.15, 0.2) is 162 Å². The van der Waals surface area contributed by atoms with E-state index in [0.29, 0.717) is 0 Å². The molecule has 0 saturated heterocycles. The summed E-state index contributed by atoms with van der Waals surface area (Å²) < 4.78 is 6.61. The Bertz CT molecular complexity index is 2340. The smallest absolute Gasteiger partial charge is 0.139 e. The third-order valence-electron chi connectivity index (χ3n) is 8.95. The molecular weight excluding hydrogens is 558 g/mol. The Hall–Kier alpha value is -5.60. The van der Waals surface area contributed by atoms with Crippen molar-refractivity contribution in [2.75, 3.05) is 4.90 Å². The third kappa shape index (κ3) is 4.83. The van der Waals surface area contributed by atoms with Gasteiger partial charge in [0.25, 0.3) is 0 Å². The highest BCUT2D eigenvalue weighted by atomic mass is 16.3. The quantitative estimate of drug-likeness (QED) is 0.197. The van der Waals surface area contributed by atoms with Gasteiger partial charge in [-0.05, 0) is 69.1 Å². The molecule has 1 aromatic heterocycles. The van der Waals surface area contributed by atoms with Crippen molar-refractivity contribution in [1.29, 1.82) is 0 Å². The van der Waals surface area contributed by atoms with Crippen molar-refractivity contribution in [2.24, 2.45) is 0 Å². The Labute approximate surface area is 270 Å². The number of hydrogen-bond donors (Lipinski definition) is 0. The van der Waals surface area contributed by atoms with Gasteiger partial charge >= 0.3 is 0 Å². The van der Waals surface area contributed by atoms with Gasteiger partial charge in [-0.25, -0.2) is 0 Å². The summed E-state index contributed by atoms with van der Waals surface area (Å²) in [5.41, 5.74) is 8.87. The number of hydrogen-bond acceptors (Lipinski definition) is 2. The third-order valence-corrected chi connectivity index (χ3v) is 8.95. The van der Waals surface area contributed by atoms with Gasteiger partial charge in [0.15, 0.2) is 0 Å². The molecule has 1 heterocycles. The molecule has 0 amide bonds. The second kappa shape index (κ2) is 11.1. The molecule has 0 unspecified atom stereocenters. The zero-order chi connectivity index (χ0) is 31.3. The van der Waals surface area contributed by atoms with Crippen molar-refractivity contribution in [1.82, 2.24) is 0 Å². The van der Waals surface area contributed by atoms with Crippen LogP contribution in [0.3, 0.4) is 0 Å². The lowest BCUT2D eigenvalue weighted by Crippen LogP contribution is -2.12. The molecule has 8 aromatic rings. The molecule has 0 aliphatic carbocycles. The average Bonchev–Trinajstić information content (AvgIpc) is 3.50. The maximum atomic E-state index is 6.61. The molecule has 0 saturated carbocycles. The van der Waals surface area contributed by atoms with Crippen LogP contribution in [0.2, 0.25) is 0 Å². The SMILES string of the molecule is CC(C)(C)c1c(-c2cccc(N(c3ccc(-c4cccc5ccccc45)cc3)c3cccc4ccccc34)c2)oc2ccccc12. The van der Waals surface area contributed by atoms with Crippen LogP contribution in [0.1, 0.15) is 26.3 Å². The van der Waals surface area contributed by atoms with Gasteiger partial charge in [-0.1, -0.05) is 142 Å². The number of rotatable bonds is 5. The van der Waals surface area contributed by atoms with E-state index in [9.17, 15) is 0 Å². The van der Waals surface area contributed by atoms with Gasteiger partial charge in [0.1, 0.15) is 11.3 Å². The van der Waals surface area contributed by atoms with E-state index in [1.54, 1.807) is 0 Å². The van der Waals surface area contributed by atoms with Crippen molar-refractivity contribution < 1.29 is 4.42 Å². The van der Waals surface area contributed by atoms with E-state index >= 15 is 0 Å². The maximum Gasteiger partial charge on any atom is 0.139 e. The number of nitrogens with zero attached hydrogens (tertiary/aromatic N) is 1. The molecule has 222 valence electrons. The second-order valence-corrected chi connectivity index (χ2v) is 13.0.